The third-order valence-electron chi connectivity index (χ3n) is 1.95. The molecule has 4 heteroatoms. The molecule has 0 aliphatic rings. The number of hydrogen-bond acceptors (Lipinski definition) is 3. The first-order chi connectivity index (χ1) is 6.66. The number of fused-ring (bicyclic) bond motifs is 1. The summed E-state index contributed by atoms with van der Waals surface area (Å²) in [5, 5.41) is 9.34. The second-order valence-electron chi connectivity index (χ2n) is 3.10. The molecule has 0 aliphatic carbocycles. The van der Waals surface area contributed by atoms with Crippen molar-refractivity contribution in [2.24, 2.45) is 0 Å². The summed E-state index contributed by atoms with van der Waals surface area (Å²) in [6, 6.07) is 5.69. The Hall–Kier alpha value is -1.00. The molecular weight excluding hydrogens is 244 g/mol. The monoisotopic (exact) mass is 252 g/mol. The molecule has 2 rings (SSSR count). The first kappa shape index (κ1) is 9.55. The highest BCUT2D eigenvalue weighted by Gasteiger charge is 2.04. The van der Waals surface area contributed by atoms with Crippen LogP contribution >= 0.6 is 15.9 Å². The number of aliphatic hydroxyl groups excluding tert-OH is 1. The lowest BCUT2D eigenvalue weighted by Gasteiger charge is -2.04. The van der Waals surface area contributed by atoms with Crippen molar-refractivity contribution in [1.29, 1.82) is 0 Å². The fourth-order valence-corrected chi connectivity index (χ4v) is 1.55. The van der Waals surface area contributed by atoms with E-state index >= 15 is 0 Å². The lowest BCUT2D eigenvalue weighted by atomic mass is 10.2. The summed E-state index contributed by atoms with van der Waals surface area (Å²) in [7, 11) is 0. The van der Waals surface area contributed by atoms with Crippen LogP contribution in [0.1, 0.15) is 18.7 Å². The lowest BCUT2D eigenvalue weighted by molar-refractivity contribution is 0.194. The Morgan fingerprint density at radius 1 is 1.36 bits per heavy atom. The van der Waals surface area contributed by atoms with Crippen LogP contribution in [0.4, 0.5) is 0 Å². The highest BCUT2D eigenvalue weighted by Crippen LogP contribution is 2.18. The summed E-state index contributed by atoms with van der Waals surface area (Å²) in [4.78, 5) is 8.49. The lowest BCUT2D eigenvalue weighted by Crippen LogP contribution is -1.97. The van der Waals surface area contributed by atoms with Gasteiger partial charge in [-0.15, -0.1) is 0 Å². The first-order valence-corrected chi connectivity index (χ1v) is 5.06. The van der Waals surface area contributed by atoms with Crippen LogP contribution in [0.25, 0.3) is 11.0 Å². The third kappa shape index (κ3) is 1.76. The van der Waals surface area contributed by atoms with Crippen molar-refractivity contribution in [3.05, 3.63) is 34.6 Å². The Morgan fingerprint density at radius 3 is 2.86 bits per heavy atom. The van der Waals surface area contributed by atoms with E-state index in [1.165, 1.54) is 0 Å². The van der Waals surface area contributed by atoms with Crippen LogP contribution in [0.5, 0.6) is 0 Å². The summed E-state index contributed by atoms with van der Waals surface area (Å²) in [5.74, 6) is 0. The molecule has 0 spiro atoms. The molecule has 1 aromatic heterocycles. The van der Waals surface area contributed by atoms with E-state index in [-0.39, 0.29) is 0 Å². The summed E-state index contributed by atoms with van der Waals surface area (Å²) in [5.41, 5.74) is 2.21. The molecule has 72 valence electrons. The molecule has 0 amide bonds. The van der Waals surface area contributed by atoms with Crippen LogP contribution < -0.4 is 0 Å². The number of halogens is 1. The summed E-state index contributed by atoms with van der Waals surface area (Å²) in [6.07, 6.45) is 1.02. The molecule has 0 saturated carbocycles. The quantitative estimate of drug-likeness (QED) is 0.849. The molecule has 14 heavy (non-hydrogen) atoms. The molecule has 0 unspecified atom stereocenters. The van der Waals surface area contributed by atoms with Crippen molar-refractivity contribution in [2.75, 3.05) is 0 Å². The van der Waals surface area contributed by atoms with Crippen molar-refractivity contribution in [2.45, 2.75) is 13.0 Å². The Morgan fingerprint density at radius 2 is 2.14 bits per heavy atom. The normalized spacial score (nSPS) is 13.1. The van der Waals surface area contributed by atoms with Crippen molar-refractivity contribution < 1.29 is 5.11 Å². The van der Waals surface area contributed by atoms with Crippen molar-refractivity contribution in [1.82, 2.24) is 9.97 Å². The fraction of sp³-hybridized carbons (Fsp3) is 0.200. The fourth-order valence-electron chi connectivity index (χ4n) is 1.20. The number of benzene rings is 1. The van der Waals surface area contributed by atoms with E-state index in [1.807, 2.05) is 18.2 Å². The smallest absolute Gasteiger partial charge is 0.0947 e. The van der Waals surface area contributed by atoms with E-state index in [9.17, 15) is 5.11 Å². The van der Waals surface area contributed by atoms with E-state index in [1.54, 1.807) is 13.1 Å². The van der Waals surface area contributed by atoms with E-state index in [2.05, 4.69) is 25.9 Å². The summed E-state index contributed by atoms with van der Waals surface area (Å²) >= 11 is 3.36. The molecule has 1 aromatic carbocycles. The zero-order chi connectivity index (χ0) is 10.1. The average Bonchev–Trinajstić information content (AvgIpc) is 2.16. The van der Waals surface area contributed by atoms with E-state index in [0.717, 1.165) is 15.5 Å². The molecule has 3 nitrogen and oxygen atoms in total. The Bertz CT molecular complexity index is 471. The zero-order valence-corrected chi connectivity index (χ0v) is 9.19. The van der Waals surface area contributed by atoms with Crippen LogP contribution in [-0.4, -0.2) is 15.1 Å². The van der Waals surface area contributed by atoms with Gasteiger partial charge in [0.05, 0.1) is 29.0 Å². The molecule has 0 fully saturated rings. The van der Waals surface area contributed by atoms with Gasteiger partial charge < -0.3 is 5.11 Å². The summed E-state index contributed by atoms with van der Waals surface area (Å²) < 4.78 is 0.960. The Labute approximate surface area is 89.9 Å². The van der Waals surface area contributed by atoms with Gasteiger partial charge in [0.25, 0.3) is 0 Å². The maximum atomic E-state index is 9.34. The number of aliphatic hydroxyl groups is 1. The van der Waals surface area contributed by atoms with Gasteiger partial charge in [-0.05, 0) is 25.1 Å². The van der Waals surface area contributed by atoms with E-state index in [0.29, 0.717) is 5.69 Å². The molecule has 0 radical (unpaired) electrons. The van der Waals surface area contributed by atoms with Gasteiger partial charge in [0.15, 0.2) is 0 Å². The van der Waals surface area contributed by atoms with E-state index in [4.69, 9.17) is 0 Å². The predicted molar refractivity (Wildman–Crippen MR) is 57.9 cm³/mol. The second kappa shape index (κ2) is 3.63. The molecular formula is C10H9BrN2O. The number of aromatic nitrogens is 2. The minimum Gasteiger partial charge on any atom is -0.387 e. The largest absolute Gasteiger partial charge is 0.387 e. The molecule has 1 heterocycles. The molecule has 0 bridgehead atoms. The molecule has 0 aliphatic heterocycles. The van der Waals surface area contributed by atoms with Gasteiger partial charge >= 0.3 is 0 Å². The van der Waals surface area contributed by atoms with Crippen LogP contribution in [-0.2, 0) is 0 Å². The molecule has 1 atom stereocenters. The second-order valence-corrected chi connectivity index (χ2v) is 4.02. The Balaban J connectivity index is 2.63. The van der Waals surface area contributed by atoms with Gasteiger partial charge in [0.1, 0.15) is 0 Å². The van der Waals surface area contributed by atoms with Gasteiger partial charge in [0.2, 0.25) is 0 Å². The number of nitrogens with zero attached hydrogens (tertiary/aromatic N) is 2. The number of rotatable bonds is 1. The standard InChI is InChI=1S/C10H9BrN2O/c1-6(14)10-5-12-8-3-2-7(11)4-9(8)13-10/h2-6,14H,1H3/t6-/m1/s1. The maximum absolute atomic E-state index is 9.34. The topological polar surface area (TPSA) is 46.0 Å². The van der Waals surface area contributed by atoms with Gasteiger partial charge in [-0.1, -0.05) is 15.9 Å². The van der Waals surface area contributed by atoms with Gasteiger partial charge in [-0.25, -0.2) is 4.98 Å². The van der Waals surface area contributed by atoms with Crippen LogP contribution in [0.2, 0.25) is 0 Å². The van der Waals surface area contributed by atoms with Crippen LogP contribution in [0.15, 0.2) is 28.9 Å². The maximum Gasteiger partial charge on any atom is 0.0947 e. The van der Waals surface area contributed by atoms with Gasteiger partial charge in [-0.3, -0.25) is 4.98 Å². The van der Waals surface area contributed by atoms with E-state index < -0.39 is 6.10 Å². The first-order valence-electron chi connectivity index (χ1n) is 4.27. The van der Waals surface area contributed by atoms with Crippen LogP contribution in [0, 0.1) is 0 Å². The minimum atomic E-state index is -0.578. The molecule has 0 saturated heterocycles. The van der Waals surface area contributed by atoms with Crippen molar-refractivity contribution in [3.8, 4) is 0 Å². The van der Waals surface area contributed by atoms with Crippen molar-refractivity contribution in [3.63, 3.8) is 0 Å². The zero-order valence-electron chi connectivity index (χ0n) is 7.61. The third-order valence-corrected chi connectivity index (χ3v) is 2.44. The molecule has 2 aromatic rings. The van der Waals surface area contributed by atoms with Crippen LogP contribution in [0.3, 0.4) is 0 Å². The van der Waals surface area contributed by atoms with Gasteiger partial charge in [0, 0.05) is 4.47 Å². The highest BCUT2D eigenvalue weighted by molar-refractivity contribution is 9.10. The van der Waals surface area contributed by atoms with Gasteiger partial charge in [-0.2, -0.15) is 0 Å². The average molecular weight is 253 g/mol. The van der Waals surface area contributed by atoms with Crippen molar-refractivity contribution >= 4 is 27.0 Å². The minimum absolute atomic E-state index is 0.578. The highest BCUT2D eigenvalue weighted by atomic mass is 79.9. The number of hydrogen-bond donors (Lipinski definition) is 1. The molecule has 1 N–H and O–H groups in total. The predicted octanol–water partition coefficient (Wildman–Crippen LogP) is 2.45. The SMILES string of the molecule is C[C@@H](O)c1cnc2ccc(Br)cc2n1. The summed E-state index contributed by atoms with van der Waals surface area (Å²) in [6.45, 7) is 1.67. The Kier molecular flexibility index (Phi) is 2.48.